The van der Waals surface area contributed by atoms with Crippen LogP contribution in [-0.2, 0) is 11.2 Å². The van der Waals surface area contributed by atoms with Gasteiger partial charge >= 0.3 is 0 Å². The van der Waals surface area contributed by atoms with Gasteiger partial charge in [0.15, 0.2) is 5.13 Å². The molecule has 6 heteroatoms. The van der Waals surface area contributed by atoms with Crippen molar-refractivity contribution in [2.75, 3.05) is 39.2 Å². The Morgan fingerprint density at radius 1 is 1.07 bits per heavy atom. The van der Waals surface area contributed by atoms with Crippen LogP contribution in [0.15, 0.2) is 36.4 Å². The van der Waals surface area contributed by atoms with Gasteiger partial charge in [-0.1, -0.05) is 29.5 Å². The Kier molecular flexibility index (Phi) is 6.31. The van der Waals surface area contributed by atoms with Crippen LogP contribution in [-0.4, -0.2) is 50.1 Å². The second-order valence-electron chi connectivity index (χ2n) is 7.22. The molecule has 1 aromatic heterocycles. The molecule has 148 valence electrons. The molecule has 0 spiro atoms. The number of ether oxygens (including phenoxy) is 1. The number of hydrogen-bond donors (Lipinski definition) is 0. The molecular formula is C22H27N3O2S. The van der Waals surface area contributed by atoms with Crippen LogP contribution in [0.25, 0.3) is 10.2 Å². The van der Waals surface area contributed by atoms with Gasteiger partial charge in [-0.3, -0.25) is 9.69 Å². The minimum Gasteiger partial charge on any atom is -0.497 e. The highest BCUT2D eigenvalue weighted by Gasteiger charge is 2.21. The van der Waals surface area contributed by atoms with Gasteiger partial charge < -0.3 is 9.64 Å². The van der Waals surface area contributed by atoms with Gasteiger partial charge in [-0.05, 0) is 62.8 Å². The van der Waals surface area contributed by atoms with Crippen molar-refractivity contribution in [2.24, 2.45) is 0 Å². The van der Waals surface area contributed by atoms with Gasteiger partial charge in [-0.25, -0.2) is 4.98 Å². The van der Waals surface area contributed by atoms with Crippen molar-refractivity contribution >= 4 is 32.6 Å². The van der Waals surface area contributed by atoms with Gasteiger partial charge in [0.2, 0.25) is 5.91 Å². The van der Waals surface area contributed by atoms with Crippen LogP contribution in [0.2, 0.25) is 0 Å². The quantitative estimate of drug-likeness (QED) is 0.603. The van der Waals surface area contributed by atoms with Gasteiger partial charge in [-0.15, -0.1) is 0 Å². The van der Waals surface area contributed by atoms with Crippen LogP contribution in [0.1, 0.15) is 16.7 Å². The average Bonchev–Trinajstić information content (AvgIpc) is 3.10. The lowest BCUT2D eigenvalue weighted by atomic mass is 10.1. The highest BCUT2D eigenvalue weighted by Crippen LogP contribution is 2.32. The van der Waals surface area contributed by atoms with E-state index < -0.39 is 0 Å². The van der Waals surface area contributed by atoms with Gasteiger partial charge in [0.05, 0.1) is 23.7 Å². The molecule has 0 bridgehead atoms. The fourth-order valence-corrected chi connectivity index (χ4v) is 4.04. The number of thiazole rings is 1. The molecule has 0 N–H and O–H groups in total. The predicted octanol–water partition coefficient (Wildman–Crippen LogP) is 4.06. The van der Waals surface area contributed by atoms with E-state index in [4.69, 9.17) is 9.72 Å². The first-order valence-electron chi connectivity index (χ1n) is 9.34. The minimum absolute atomic E-state index is 0.0560. The fraction of sp³-hybridized carbons (Fsp3) is 0.364. The summed E-state index contributed by atoms with van der Waals surface area (Å²) in [5.74, 6) is 0.845. The van der Waals surface area contributed by atoms with E-state index in [2.05, 4.69) is 30.9 Å². The number of hydrogen-bond acceptors (Lipinski definition) is 5. The summed E-state index contributed by atoms with van der Waals surface area (Å²) in [6, 6.07) is 11.9. The Hall–Kier alpha value is -2.44. The monoisotopic (exact) mass is 397 g/mol. The number of aryl methyl sites for hydroxylation is 2. The lowest BCUT2D eigenvalue weighted by Gasteiger charge is -2.22. The van der Waals surface area contributed by atoms with Crippen molar-refractivity contribution in [3.63, 3.8) is 0 Å². The van der Waals surface area contributed by atoms with Crippen LogP contribution in [0, 0.1) is 13.8 Å². The Balaban J connectivity index is 1.89. The van der Waals surface area contributed by atoms with E-state index >= 15 is 0 Å². The van der Waals surface area contributed by atoms with Gasteiger partial charge in [0, 0.05) is 13.1 Å². The summed E-state index contributed by atoms with van der Waals surface area (Å²) in [6.07, 6.45) is 0.339. The number of likely N-dealkylation sites (N-methyl/N-ethyl adjacent to an activating group) is 1. The standard InChI is InChI=1S/C22H27N3O2S/c1-15-6-11-19-21(16(15)2)23-22(28-19)25(13-12-24(3)4)20(26)14-17-7-9-18(27-5)10-8-17/h6-11H,12-14H2,1-5H3. The van der Waals surface area contributed by atoms with Crippen molar-refractivity contribution in [2.45, 2.75) is 20.3 Å². The smallest absolute Gasteiger partial charge is 0.233 e. The number of fused-ring (bicyclic) bond motifs is 1. The molecule has 5 nitrogen and oxygen atoms in total. The van der Waals surface area contributed by atoms with E-state index in [1.807, 2.05) is 43.3 Å². The topological polar surface area (TPSA) is 45.7 Å². The van der Waals surface area contributed by atoms with Crippen molar-refractivity contribution in [1.82, 2.24) is 9.88 Å². The van der Waals surface area contributed by atoms with Crippen molar-refractivity contribution in [1.29, 1.82) is 0 Å². The Morgan fingerprint density at radius 3 is 2.43 bits per heavy atom. The maximum absolute atomic E-state index is 13.2. The molecule has 28 heavy (non-hydrogen) atoms. The van der Waals surface area contributed by atoms with Gasteiger partial charge in [0.25, 0.3) is 0 Å². The van der Waals surface area contributed by atoms with E-state index in [0.717, 1.165) is 33.2 Å². The second kappa shape index (κ2) is 8.71. The summed E-state index contributed by atoms with van der Waals surface area (Å²) >= 11 is 1.58. The number of methoxy groups -OCH3 is 1. The summed E-state index contributed by atoms with van der Waals surface area (Å²) in [4.78, 5) is 21.9. The lowest BCUT2D eigenvalue weighted by Crippen LogP contribution is -2.37. The molecule has 0 unspecified atom stereocenters. The minimum atomic E-state index is 0.0560. The first-order chi connectivity index (χ1) is 13.4. The Bertz CT molecular complexity index is 964. The molecule has 0 fully saturated rings. The number of rotatable bonds is 7. The zero-order valence-electron chi connectivity index (χ0n) is 17.2. The third-order valence-electron chi connectivity index (χ3n) is 4.89. The normalized spacial score (nSPS) is 11.2. The number of aromatic nitrogens is 1. The molecule has 1 amide bonds. The van der Waals surface area contributed by atoms with Crippen molar-refractivity contribution in [3.05, 3.63) is 53.1 Å². The molecule has 0 atom stereocenters. The summed E-state index contributed by atoms with van der Waals surface area (Å²) < 4.78 is 6.32. The van der Waals surface area contributed by atoms with Gasteiger partial charge in [-0.2, -0.15) is 0 Å². The van der Waals surface area contributed by atoms with Crippen molar-refractivity contribution in [3.8, 4) is 5.75 Å². The van der Waals surface area contributed by atoms with Crippen LogP contribution in [0.4, 0.5) is 5.13 Å². The second-order valence-corrected chi connectivity index (χ2v) is 8.23. The molecule has 0 saturated carbocycles. The summed E-state index contributed by atoms with van der Waals surface area (Å²) in [5, 5.41) is 0.768. The number of carbonyl (C=O) groups excluding carboxylic acids is 1. The molecule has 2 aromatic carbocycles. The molecule has 0 saturated heterocycles. The van der Waals surface area contributed by atoms with Crippen LogP contribution < -0.4 is 9.64 Å². The number of benzene rings is 2. The van der Waals surface area contributed by atoms with E-state index in [1.54, 1.807) is 18.4 Å². The molecule has 1 heterocycles. The molecule has 0 radical (unpaired) electrons. The SMILES string of the molecule is COc1ccc(CC(=O)N(CCN(C)C)c2nc3c(C)c(C)ccc3s2)cc1. The molecule has 3 rings (SSSR count). The highest BCUT2D eigenvalue weighted by atomic mass is 32.1. The van der Waals surface area contributed by atoms with E-state index in [9.17, 15) is 4.79 Å². The molecule has 0 aliphatic rings. The molecular weight excluding hydrogens is 370 g/mol. The summed E-state index contributed by atoms with van der Waals surface area (Å²) in [7, 11) is 5.66. The molecule has 0 aliphatic carbocycles. The lowest BCUT2D eigenvalue weighted by molar-refractivity contribution is -0.118. The number of amides is 1. The Labute approximate surface area is 170 Å². The average molecular weight is 398 g/mol. The third kappa shape index (κ3) is 4.51. The maximum Gasteiger partial charge on any atom is 0.233 e. The number of nitrogens with zero attached hydrogens (tertiary/aromatic N) is 3. The number of carbonyl (C=O) groups is 1. The zero-order chi connectivity index (χ0) is 20.3. The van der Waals surface area contributed by atoms with Crippen LogP contribution >= 0.6 is 11.3 Å². The van der Waals surface area contributed by atoms with E-state index in [1.165, 1.54) is 11.1 Å². The summed E-state index contributed by atoms with van der Waals surface area (Å²) in [5.41, 5.74) is 4.35. The van der Waals surface area contributed by atoms with Crippen LogP contribution in [0.5, 0.6) is 5.75 Å². The predicted molar refractivity (Wildman–Crippen MR) is 117 cm³/mol. The molecule has 3 aromatic rings. The van der Waals surface area contributed by atoms with Crippen LogP contribution in [0.3, 0.4) is 0 Å². The van der Waals surface area contributed by atoms with E-state index in [0.29, 0.717) is 13.0 Å². The Morgan fingerprint density at radius 2 is 1.79 bits per heavy atom. The largest absolute Gasteiger partial charge is 0.497 e. The third-order valence-corrected chi connectivity index (χ3v) is 5.93. The first kappa shape index (κ1) is 20.3. The summed E-state index contributed by atoms with van der Waals surface area (Å²) in [6.45, 7) is 5.57. The zero-order valence-corrected chi connectivity index (χ0v) is 18.0. The highest BCUT2D eigenvalue weighted by molar-refractivity contribution is 7.22. The van der Waals surface area contributed by atoms with E-state index in [-0.39, 0.29) is 5.91 Å². The van der Waals surface area contributed by atoms with Gasteiger partial charge in [0.1, 0.15) is 5.75 Å². The maximum atomic E-state index is 13.2. The number of anilines is 1. The van der Waals surface area contributed by atoms with Crippen molar-refractivity contribution < 1.29 is 9.53 Å². The first-order valence-corrected chi connectivity index (χ1v) is 10.2. The molecule has 0 aliphatic heterocycles. The fourth-order valence-electron chi connectivity index (χ4n) is 2.97.